The second kappa shape index (κ2) is 8.01. The Morgan fingerprint density at radius 1 is 1.19 bits per heavy atom. The SMILES string of the molecule is Cn1nc(-c2ccc(Cl)cc2)cc1NC(=O)COC(=O)c1ccccc1F. The van der Waals surface area contributed by atoms with Gasteiger partial charge in [0.25, 0.3) is 5.91 Å². The van der Waals surface area contributed by atoms with Crippen molar-refractivity contribution in [3.8, 4) is 11.3 Å². The molecule has 0 aliphatic carbocycles. The molecule has 0 saturated heterocycles. The minimum atomic E-state index is -0.907. The molecule has 0 unspecified atom stereocenters. The third-order valence-corrected chi connectivity index (χ3v) is 3.97. The highest BCUT2D eigenvalue weighted by Crippen LogP contribution is 2.23. The van der Waals surface area contributed by atoms with Gasteiger partial charge < -0.3 is 10.1 Å². The molecule has 0 fully saturated rings. The van der Waals surface area contributed by atoms with Gasteiger partial charge in [0.15, 0.2) is 6.61 Å². The number of amides is 1. The number of halogens is 2. The summed E-state index contributed by atoms with van der Waals surface area (Å²) in [6.45, 7) is -0.547. The highest BCUT2D eigenvalue weighted by molar-refractivity contribution is 6.30. The molecule has 6 nitrogen and oxygen atoms in total. The summed E-state index contributed by atoms with van der Waals surface area (Å²) in [5.41, 5.74) is 1.25. The lowest BCUT2D eigenvalue weighted by Crippen LogP contribution is -2.22. The van der Waals surface area contributed by atoms with Gasteiger partial charge in [0, 0.05) is 23.7 Å². The number of anilines is 1. The Bertz CT molecular complexity index is 986. The quantitative estimate of drug-likeness (QED) is 0.678. The number of carbonyl (C=O) groups is 2. The molecule has 3 aromatic rings. The van der Waals surface area contributed by atoms with Gasteiger partial charge in [-0.3, -0.25) is 9.48 Å². The predicted molar refractivity (Wildman–Crippen MR) is 99.0 cm³/mol. The lowest BCUT2D eigenvalue weighted by Gasteiger charge is -2.07. The molecule has 0 saturated carbocycles. The summed E-state index contributed by atoms with van der Waals surface area (Å²) < 4.78 is 19.9. The van der Waals surface area contributed by atoms with E-state index < -0.39 is 24.3 Å². The fourth-order valence-corrected chi connectivity index (χ4v) is 2.49. The van der Waals surface area contributed by atoms with Gasteiger partial charge in [0.2, 0.25) is 0 Å². The van der Waals surface area contributed by atoms with E-state index in [-0.39, 0.29) is 5.56 Å². The number of rotatable bonds is 5. The molecule has 1 heterocycles. The Labute approximate surface area is 159 Å². The van der Waals surface area contributed by atoms with Crippen LogP contribution in [0.3, 0.4) is 0 Å². The topological polar surface area (TPSA) is 73.2 Å². The summed E-state index contributed by atoms with van der Waals surface area (Å²) in [5.74, 6) is -1.76. The van der Waals surface area contributed by atoms with Crippen molar-refractivity contribution in [2.24, 2.45) is 7.05 Å². The average molecular weight is 388 g/mol. The highest BCUT2D eigenvalue weighted by Gasteiger charge is 2.15. The third kappa shape index (κ3) is 4.51. The van der Waals surface area contributed by atoms with E-state index >= 15 is 0 Å². The van der Waals surface area contributed by atoms with E-state index in [0.717, 1.165) is 11.6 Å². The number of benzene rings is 2. The Balaban J connectivity index is 1.62. The van der Waals surface area contributed by atoms with E-state index in [1.54, 1.807) is 25.2 Å². The smallest absolute Gasteiger partial charge is 0.341 e. The molecule has 0 radical (unpaired) electrons. The highest BCUT2D eigenvalue weighted by atomic mass is 35.5. The molecule has 8 heteroatoms. The van der Waals surface area contributed by atoms with Crippen LogP contribution in [-0.2, 0) is 16.6 Å². The van der Waals surface area contributed by atoms with E-state index in [2.05, 4.69) is 10.4 Å². The number of nitrogens with zero attached hydrogens (tertiary/aromatic N) is 2. The van der Waals surface area contributed by atoms with Crippen LogP contribution in [0.5, 0.6) is 0 Å². The fraction of sp³-hybridized carbons (Fsp3) is 0.105. The van der Waals surface area contributed by atoms with Crippen LogP contribution in [0, 0.1) is 5.82 Å². The van der Waals surface area contributed by atoms with Crippen LogP contribution in [0.15, 0.2) is 54.6 Å². The van der Waals surface area contributed by atoms with Gasteiger partial charge in [0.1, 0.15) is 11.6 Å². The van der Waals surface area contributed by atoms with Crippen molar-refractivity contribution in [2.45, 2.75) is 0 Å². The number of hydrogen-bond donors (Lipinski definition) is 1. The number of esters is 1. The molecule has 3 rings (SSSR count). The number of carbonyl (C=O) groups excluding carboxylic acids is 2. The van der Waals surface area contributed by atoms with Crippen LogP contribution < -0.4 is 5.32 Å². The molecule has 0 atom stereocenters. The molecule has 1 aromatic heterocycles. The van der Waals surface area contributed by atoms with Gasteiger partial charge in [-0.05, 0) is 24.3 Å². The molecule has 27 heavy (non-hydrogen) atoms. The fourth-order valence-electron chi connectivity index (χ4n) is 2.36. The molecule has 2 aromatic carbocycles. The average Bonchev–Trinajstić information content (AvgIpc) is 3.01. The van der Waals surface area contributed by atoms with Crippen molar-refractivity contribution in [3.05, 3.63) is 71.0 Å². The normalized spacial score (nSPS) is 10.5. The maximum absolute atomic E-state index is 13.5. The monoisotopic (exact) mass is 387 g/mol. The summed E-state index contributed by atoms with van der Waals surface area (Å²) in [6.07, 6.45) is 0. The lowest BCUT2D eigenvalue weighted by atomic mass is 10.1. The van der Waals surface area contributed by atoms with Gasteiger partial charge in [-0.2, -0.15) is 5.10 Å². The van der Waals surface area contributed by atoms with E-state index in [9.17, 15) is 14.0 Å². The maximum atomic E-state index is 13.5. The zero-order valence-electron chi connectivity index (χ0n) is 14.3. The first kappa shape index (κ1) is 18.6. The Morgan fingerprint density at radius 3 is 2.59 bits per heavy atom. The summed E-state index contributed by atoms with van der Waals surface area (Å²) in [7, 11) is 1.67. The van der Waals surface area contributed by atoms with Crippen molar-refractivity contribution in [1.29, 1.82) is 0 Å². The molecular weight excluding hydrogens is 373 g/mol. The minimum absolute atomic E-state index is 0.226. The van der Waals surface area contributed by atoms with Gasteiger partial charge in [0.05, 0.1) is 11.3 Å². The number of hydrogen-bond acceptors (Lipinski definition) is 4. The van der Waals surface area contributed by atoms with Crippen LogP contribution >= 0.6 is 11.6 Å². The molecule has 0 bridgehead atoms. The van der Waals surface area contributed by atoms with Crippen LogP contribution in [0.1, 0.15) is 10.4 Å². The van der Waals surface area contributed by atoms with E-state index in [1.807, 2.05) is 12.1 Å². The first-order chi connectivity index (χ1) is 12.9. The molecule has 138 valence electrons. The third-order valence-electron chi connectivity index (χ3n) is 3.72. The summed E-state index contributed by atoms with van der Waals surface area (Å²) in [5, 5.41) is 7.53. The summed E-state index contributed by atoms with van der Waals surface area (Å²) in [4.78, 5) is 23.9. The molecule has 0 aliphatic rings. The van der Waals surface area contributed by atoms with Crippen LogP contribution in [0.2, 0.25) is 5.02 Å². The zero-order chi connectivity index (χ0) is 19.4. The van der Waals surface area contributed by atoms with E-state index in [1.165, 1.54) is 22.9 Å². The Hall–Kier alpha value is -3.19. The number of nitrogens with one attached hydrogen (secondary N) is 1. The summed E-state index contributed by atoms with van der Waals surface area (Å²) in [6, 6.07) is 14.2. The summed E-state index contributed by atoms with van der Waals surface area (Å²) >= 11 is 5.87. The molecule has 0 aliphatic heterocycles. The number of ether oxygens (including phenoxy) is 1. The second-order valence-corrected chi connectivity index (χ2v) is 6.09. The van der Waals surface area contributed by atoms with Crippen LogP contribution in [0.25, 0.3) is 11.3 Å². The van der Waals surface area contributed by atoms with E-state index in [0.29, 0.717) is 16.5 Å². The molecular formula is C19H15ClFN3O3. The largest absolute Gasteiger partial charge is 0.452 e. The van der Waals surface area contributed by atoms with Crippen LogP contribution in [0.4, 0.5) is 10.2 Å². The van der Waals surface area contributed by atoms with Gasteiger partial charge in [-0.15, -0.1) is 0 Å². The van der Waals surface area contributed by atoms with Gasteiger partial charge >= 0.3 is 5.97 Å². The number of aromatic nitrogens is 2. The molecule has 1 amide bonds. The van der Waals surface area contributed by atoms with Gasteiger partial charge in [-0.25, -0.2) is 9.18 Å². The van der Waals surface area contributed by atoms with Crippen molar-refractivity contribution in [1.82, 2.24) is 9.78 Å². The van der Waals surface area contributed by atoms with E-state index in [4.69, 9.17) is 16.3 Å². The molecule has 0 spiro atoms. The van der Waals surface area contributed by atoms with Gasteiger partial charge in [-0.1, -0.05) is 35.9 Å². The first-order valence-electron chi connectivity index (χ1n) is 7.95. The molecule has 1 N–H and O–H groups in total. The predicted octanol–water partition coefficient (Wildman–Crippen LogP) is 3.68. The van der Waals surface area contributed by atoms with Crippen molar-refractivity contribution in [2.75, 3.05) is 11.9 Å². The van der Waals surface area contributed by atoms with Crippen LogP contribution in [-0.4, -0.2) is 28.3 Å². The number of aryl methyl sites for hydroxylation is 1. The minimum Gasteiger partial charge on any atom is -0.452 e. The standard InChI is InChI=1S/C19H15ClFN3O3/c1-24-17(10-16(23-24)12-6-8-13(20)9-7-12)22-18(25)11-27-19(26)14-4-2-3-5-15(14)21/h2-10H,11H2,1H3,(H,22,25). The Kier molecular flexibility index (Phi) is 5.52. The first-order valence-corrected chi connectivity index (χ1v) is 8.33. The van der Waals surface area contributed by atoms with Crippen molar-refractivity contribution >= 4 is 29.3 Å². The maximum Gasteiger partial charge on any atom is 0.341 e. The second-order valence-electron chi connectivity index (χ2n) is 5.65. The Morgan fingerprint density at radius 2 is 1.89 bits per heavy atom. The lowest BCUT2D eigenvalue weighted by molar-refractivity contribution is -0.119. The zero-order valence-corrected chi connectivity index (χ0v) is 15.0. The van der Waals surface area contributed by atoms with Crippen molar-refractivity contribution < 1.29 is 18.7 Å². The van der Waals surface area contributed by atoms with Crippen molar-refractivity contribution in [3.63, 3.8) is 0 Å².